The number of dihydropyridines is 1. The second kappa shape index (κ2) is 9.54. The summed E-state index contributed by atoms with van der Waals surface area (Å²) in [5.41, 5.74) is 13.1. The van der Waals surface area contributed by atoms with Crippen LogP contribution in [0.25, 0.3) is 11.1 Å². The van der Waals surface area contributed by atoms with Crippen LogP contribution in [-0.2, 0) is 4.74 Å². The smallest absolute Gasteiger partial charge is 0.150 e. The number of aliphatic imine (C=N–C) groups is 1. The quantitative estimate of drug-likeness (QED) is 0.629. The van der Waals surface area contributed by atoms with Crippen molar-refractivity contribution >= 4 is 22.6 Å². The van der Waals surface area contributed by atoms with E-state index in [1.165, 1.54) is 16.7 Å². The lowest BCUT2D eigenvalue weighted by Crippen LogP contribution is -2.47. The Bertz CT molecular complexity index is 1390. The maximum atomic E-state index is 6.45. The molecule has 5 aliphatic rings. The average Bonchev–Trinajstić information content (AvgIpc) is 3.31. The summed E-state index contributed by atoms with van der Waals surface area (Å²) in [7, 11) is 0. The third-order valence-corrected chi connectivity index (χ3v) is 8.40. The van der Waals surface area contributed by atoms with Gasteiger partial charge in [-0.25, -0.2) is 9.97 Å². The van der Waals surface area contributed by atoms with E-state index in [4.69, 9.17) is 20.4 Å². The molecule has 0 aromatic carbocycles. The highest BCUT2D eigenvalue weighted by molar-refractivity contribution is 6.11. The fourth-order valence-corrected chi connectivity index (χ4v) is 6.29. The summed E-state index contributed by atoms with van der Waals surface area (Å²) in [5.74, 6) is 2.06. The van der Waals surface area contributed by atoms with Crippen LogP contribution in [0.4, 0.5) is 5.82 Å². The number of imidazole rings is 1. The van der Waals surface area contributed by atoms with Gasteiger partial charge in [0.05, 0.1) is 17.4 Å². The van der Waals surface area contributed by atoms with Gasteiger partial charge >= 0.3 is 0 Å². The van der Waals surface area contributed by atoms with Crippen molar-refractivity contribution in [3.05, 3.63) is 77.6 Å². The first-order valence-corrected chi connectivity index (χ1v) is 13.7. The molecule has 0 radical (unpaired) electrons. The molecule has 7 rings (SSSR count). The average molecular weight is 495 g/mol. The lowest BCUT2D eigenvalue weighted by Gasteiger charge is -2.38. The lowest BCUT2D eigenvalue weighted by atomic mass is 9.79. The van der Waals surface area contributed by atoms with Gasteiger partial charge < -0.3 is 15.8 Å². The Balaban J connectivity index is 1.15. The summed E-state index contributed by atoms with van der Waals surface area (Å²) >= 11 is 0. The fourth-order valence-electron chi connectivity index (χ4n) is 6.29. The van der Waals surface area contributed by atoms with E-state index in [0.717, 1.165) is 80.9 Å². The van der Waals surface area contributed by atoms with Crippen LogP contribution < -0.4 is 11.1 Å². The van der Waals surface area contributed by atoms with Crippen LogP contribution in [0.1, 0.15) is 62.4 Å². The molecule has 2 aliphatic heterocycles. The van der Waals surface area contributed by atoms with Crippen molar-refractivity contribution in [2.75, 3.05) is 18.9 Å². The first-order chi connectivity index (χ1) is 18.2. The van der Waals surface area contributed by atoms with E-state index in [0.29, 0.717) is 23.8 Å². The van der Waals surface area contributed by atoms with Crippen LogP contribution in [-0.4, -0.2) is 51.4 Å². The van der Waals surface area contributed by atoms with Crippen molar-refractivity contribution in [1.82, 2.24) is 19.7 Å². The lowest BCUT2D eigenvalue weighted by molar-refractivity contribution is 0.0695. The predicted octanol–water partition coefficient (Wildman–Crippen LogP) is 4.70. The molecule has 190 valence electrons. The van der Waals surface area contributed by atoms with Crippen LogP contribution >= 0.6 is 0 Å². The van der Waals surface area contributed by atoms with Crippen LogP contribution in [0, 0.1) is 0 Å². The predicted molar refractivity (Wildman–Crippen MR) is 148 cm³/mol. The van der Waals surface area contributed by atoms with Crippen LogP contribution in [0.15, 0.2) is 71.1 Å². The third-order valence-electron chi connectivity index (χ3n) is 8.40. The van der Waals surface area contributed by atoms with E-state index in [2.05, 4.69) is 57.2 Å². The van der Waals surface area contributed by atoms with Crippen molar-refractivity contribution in [3.8, 4) is 0 Å². The van der Waals surface area contributed by atoms with Crippen molar-refractivity contribution < 1.29 is 4.74 Å². The van der Waals surface area contributed by atoms with E-state index in [9.17, 15) is 0 Å². The highest BCUT2D eigenvalue weighted by Gasteiger charge is 2.36. The second-order valence-corrected chi connectivity index (χ2v) is 10.8. The molecule has 2 fully saturated rings. The summed E-state index contributed by atoms with van der Waals surface area (Å²) in [5, 5.41) is 3.84. The molecule has 0 spiro atoms. The van der Waals surface area contributed by atoms with Gasteiger partial charge in [0.1, 0.15) is 17.2 Å². The van der Waals surface area contributed by atoms with Crippen LogP contribution in [0.3, 0.4) is 0 Å². The second-order valence-electron chi connectivity index (χ2n) is 10.8. The maximum absolute atomic E-state index is 6.45. The Morgan fingerprint density at radius 2 is 1.92 bits per heavy atom. The largest absolute Gasteiger partial charge is 0.382 e. The zero-order chi connectivity index (χ0) is 24.8. The molecule has 1 saturated carbocycles. The van der Waals surface area contributed by atoms with Gasteiger partial charge in [0.15, 0.2) is 0 Å². The first kappa shape index (κ1) is 22.9. The number of nitrogens with two attached hydrogens (primary N) is 1. The number of ether oxygens (including phenoxy) is 1. The molecule has 4 heterocycles. The molecule has 3 aliphatic carbocycles. The molecule has 2 aromatic rings. The minimum Gasteiger partial charge on any atom is -0.382 e. The molecule has 37 heavy (non-hydrogen) atoms. The molecule has 2 aromatic heterocycles. The van der Waals surface area contributed by atoms with Gasteiger partial charge in [-0.3, -0.25) is 9.39 Å². The summed E-state index contributed by atoms with van der Waals surface area (Å²) in [4.78, 5) is 14.8. The first-order valence-electron chi connectivity index (χ1n) is 13.7. The standard InChI is InChI=1S/C30H34N6O/c31-29-28-27(21-7-6-20-8-9-25(34-26(20)18-21)19-4-2-1-3-5-19)35-30(36(28)13-12-32-29)22-16-24(17-22)33-23-10-14-37-15-11-23/h2,4-9,12-13,22-24,26,33H,1,3,10-11,14-18H2,(H2,31,32)/t22-,24+,26?. The van der Waals surface area contributed by atoms with Crippen molar-refractivity contribution in [2.45, 2.75) is 69.0 Å². The molecule has 1 atom stereocenters. The Morgan fingerprint density at radius 1 is 1.03 bits per heavy atom. The number of nitrogens with zero attached hydrogens (tertiary/aromatic N) is 4. The van der Waals surface area contributed by atoms with Gasteiger partial charge in [-0.15, -0.1) is 0 Å². The summed E-state index contributed by atoms with van der Waals surface area (Å²) in [6, 6.07) is 1.23. The van der Waals surface area contributed by atoms with Gasteiger partial charge in [-0.1, -0.05) is 36.5 Å². The number of aromatic nitrogens is 3. The Kier molecular flexibility index (Phi) is 5.90. The van der Waals surface area contributed by atoms with Gasteiger partial charge in [-0.05, 0) is 61.3 Å². The summed E-state index contributed by atoms with van der Waals surface area (Å²) < 4.78 is 7.70. The van der Waals surface area contributed by atoms with E-state index < -0.39 is 0 Å². The topological polar surface area (TPSA) is 89.8 Å². The molecule has 0 bridgehead atoms. The van der Waals surface area contributed by atoms with Gasteiger partial charge in [0.25, 0.3) is 0 Å². The molecular weight excluding hydrogens is 460 g/mol. The Morgan fingerprint density at radius 3 is 2.76 bits per heavy atom. The normalized spacial score (nSPS) is 27.7. The van der Waals surface area contributed by atoms with Crippen molar-refractivity contribution in [2.24, 2.45) is 4.99 Å². The monoisotopic (exact) mass is 494 g/mol. The number of nitrogen functional groups attached to an aromatic ring is 1. The van der Waals surface area contributed by atoms with Crippen LogP contribution in [0.2, 0.25) is 0 Å². The molecule has 7 nitrogen and oxygen atoms in total. The Labute approximate surface area is 217 Å². The zero-order valence-electron chi connectivity index (χ0n) is 21.1. The van der Waals surface area contributed by atoms with E-state index in [-0.39, 0.29) is 6.04 Å². The number of allylic oxidation sites excluding steroid dienone is 7. The highest BCUT2D eigenvalue weighted by atomic mass is 16.5. The molecule has 3 N–H and O–H groups in total. The van der Waals surface area contributed by atoms with E-state index >= 15 is 0 Å². The van der Waals surface area contributed by atoms with Gasteiger partial charge in [0.2, 0.25) is 0 Å². The summed E-state index contributed by atoms with van der Waals surface area (Å²) in [6.45, 7) is 1.74. The molecule has 7 heteroatoms. The number of anilines is 1. The maximum Gasteiger partial charge on any atom is 0.150 e. The number of fused-ring (bicyclic) bond motifs is 2. The van der Waals surface area contributed by atoms with E-state index in [1.54, 1.807) is 6.20 Å². The van der Waals surface area contributed by atoms with Gasteiger partial charge in [0, 0.05) is 50.0 Å². The molecule has 1 unspecified atom stereocenters. The van der Waals surface area contributed by atoms with Crippen LogP contribution in [0.5, 0.6) is 0 Å². The van der Waals surface area contributed by atoms with Crippen molar-refractivity contribution in [1.29, 1.82) is 0 Å². The zero-order valence-corrected chi connectivity index (χ0v) is 21.1. The number of rotatable bonds is 5. The SMILES string of the molecule is Nc1nccn2c1c(C1=CC=C3C=CC(C4=CCCC=C4)=NC3C1)nc2[C@H]1C[C@@H](NC2CCOCC2)C1. The van der Waals surface area contributed by atoms with Gasteiger partial charge in [-0.2, -0.15) is 0 Å². The van der Waals surface area contributed by atoms with E-state index in [1.807, 2.05) is 6.20 Å². The van der Waals surface area contributed by atoms with Crippen molar-refractivity contribution in [3.63, 3.8) is 0 Å². The minimum atomic E-state index is 0.103. The Hall–Kier alpha value is -3.29. The fraction of sp³-hybridized carbons (Fsp3) is 0.433. The highest BCUT2D eigenvalue weighted by Crippen LogP contribution is 2.41. The summed E-state index contributed by atoms with van der Waals surface area (Å²) in [6.07, 6.45) is 26.7. The molecule has 1 saturated heterocycles. The number of hydrogen-bond acceptors (Lipinski definition) is 6. The molecule has 0 amide bonds. The third kappa shape index (κ3) is 4.30. The number of hydrogen-bond donors (Lipinski definition) is 2. The number of nitrogens with one attached hydrogen (secondary N) is 1. The molecular formula is C30H34N6O. The minimum absolute atomic E-state index is 0.103.